The molecule has 2 N–H and O–H groups in total. The van der Waals surface area contributed by atoms with Gasteiger partial charge in [0.2, 0.25) is 11.8 Å². The van der Waals surface area contributed by atoms with Gasteiger partial charge < -0.3 is 10.6 Å². The highest BCUT2D eigenvalue weighted by Crippen LogP contribution is 2.48. The first-order valence-electron chi connectivity index (χ1n) is 7.85. The van der Waals surface area contributed by atoms with E-state index in [4.69, 9.17) is 11.6 Å². The van der Waals surface area contributed by atoms with E-state index >= 15 is 0 Å². The van der Waals surface area contributed by atoms with Gasteiger partial charge in [-0.25, -0.2) is 4.98 Å². The molecule has 0 atom stereocenters. The average Bonchev–Trinajstić information content (AvgIpc) is 3.37. The summed E-state index contributed by atoms with van der Waals surface area (Å²) in [6.07, 6.45) is 3.42. The molecule has 6 heteroatoms. The minimum atomic E-state index is -0.484. The van der Waals surface area contributed by atoms with E-state index in [0.717, 1.165) is 18.4 Å². The highest BCUT2D eigenvalue weighted by Gasteiger charge is 2.51. The fourth-order valence-corrected chi connectivity index (χ4v) is 2.85. The first-order chi connectivity index (χ1) is 11.6. The van der Waals surface area contributed by atoms with Gasteiger partial charge in [-0.05, 0) is 42.7 Å². The van der Waals surface area contributed by atoms with Crippen molar-refractivity contribution in [2.75, 3.05) is 11.9 Å². The van der Waals surface area contributed by atoms with Gasteiger partial charge in [-0.3, -0.25) is 9.59 Å². The molecule has 2 aromatic rings. The van der Waals surface area contributed by atoms with Crippen LogP contribution in [0.25, 0.3) is 0 Å². The number of anilines is 1. The third-order valence-electron chi connectivity index (χ3n) is 4.13. The largest absolute Gasteiger partial charge is 0.355 e. The van der Waals surface area contributed by atoms with Crippen molar-refractivity contribution < 1.29 is 9.59 Å². The van der Waals surface area contributed by atoms with Crippen LogP contribution in [0.15, 0.2) is 48.7 Å². The predicted octanol–water partition coefficient (Wildman–Crippen LogP) is 2.91. The molecule has 1 fully saturated rings. The lowest BCUT2D eigenvalue weighted by Gasteiger charge is -2.16. The van der Waals surface area contributed by atoms with Crippen molar-refractivity contribution in [2.45, 2.75) is 24.7 Å². The Morgan fingerprint density at radius 1 is 1.17 bits per heavy atom. The van der Waals surface area contributed by atoms with Crippen molar-refractivity contribution in [1.82, 2.24) is 10.3 Å². The van der Waals surface area contributed by atoms with E-state index in [9.17, 15) is 9.59 Å². The fourth-order valence-electron chi connectivity index (χ4n) is 2.66. The number of halogens is 1. The summed E-state index contributed by atoms with van der Waals surface area (Å²) in [6.45, 7) is 0.291. The highest BCUT2D eigenvalue weighted by atomic mass is 35.5. The van der Waals surface area contributed by atoms with Gasteiger partial charge in [0.05, 0.1) is 5.41 Å². The van der Waals surface area contributed by atoms with Crippen LogP contribution in [0, 0.1) is 0 Å². The van der Waals surface area contributed by atoms with Gasteiger partial charge in [-0.1, -0.05) is 29.8 Å². The van der Waals surface area contributed by atoms with E-state index in [1.54, 1.807) is 30.5 Å². The van der Waals surface area contributed by atoms with Crippen LogP contribution in [-0.4, -0.2) is 23.3 Å². The maximum absolute atomic E-state index is 12.5. The fraction of sp³-hybridized carbons (Fsp3) is 0.278. The van der Waals surface area contributed by atoms with Crippen molar-refractivity contribution in [3.05, 3.63) is 59.2 Å². The topological polar surface area (TPSA) is 71.1 Å². The predicted molar refractivity (Wildman–Crippen MR) is 92.9 cm³/mol. The molecular formula is C18H18ClN3O2. The standard InChI is InChI=1S/C18H18ClN3O2/c19-14-5-3-4-13(12-14)18(8-9-18)17(24)21-11-7-16(23)22-15-6-1-2-10-20-15/h1-6,10,12H,7-9,11H2,(H,21,24)(H,20,22,23). The second-order valence-electron chi connectivity index (χ2n) is 5.86. The Hall–Kier alpha value is -2.40. The number of nitrogens with zero attached hydrogens (tertiary/aromatic N) is 1. The second-order valence-corrected chi connectivity index (χ2v) is 6.30. The van der Waals surface area contributed by atoms with Crippen molar-refractivity contribution >= 4 is 29.2 Å². The quantitative estimate of drug-likeness (QED) is 0.847. The third kappa shape index (κ3) is 3.74. The SMILES string of the molecule is O=C(CCNC(=O)C1(c2cccc(Cl)c2)CC1)Nc1ccccn1. The maximum Gasteiger partial charge on any atom is 0.230 e. The summed E-state index contributed by atoms with van der Waals surface area (Å²) in [5.74, 6) is 0.281. The lowest BCUT2D eigenvalue weighted by atomic mass is 9.95. The molecule has 1 aliphatic carbocycles. The lowest BCUT2D eigenvalue weighted by Crippen LogP contribution is -2.36. The van der Waals surface area contributed by atoms with E-state index in [0.29, 0.717) is 17.4 Å². The van der Waals surface area contributed by atoms with Gasteiger partial charge >= 0.3 is 0 Å². The van der Waals surface area contributed by atoms with Gasteiger partial charge in [0.25, 0.3) is 0 Å². The van der Waals surface area contributed by atoms with Crippen molar-refractivity contribution in [2.24, 2.45) is 0 Å². The Balaban J connectivity index is 1.50. The minimum Gasteiger partial charge on any atom is -0.355 e. The molecule has 124 valence electrons. The molecule has 0 saturated heterocycles. The van der Waals surface area contributed by atoms with Crippen LogP contribution in [-0.2, 0) is 15.0 Å². The Bertz CT molecular complexity index is 745. The molecule has 0 aliphatic heterocycles. The van der Waals surface area contributed by atoms with Crippen molar-refractivity contribution in [1.29, 1.82) is 0 Å². The smallest absolute Gasteiger partial charge is 0.230 e. The number of benzene rings is 1. The van der Waals surface area contributed by atoms with E-state index in [2.05, 4.69) is 15.6 Å². The van der Waals surface area contributed by atoms with Crippen LogP contribution in [0.2, 0.25) is 5.02 Å². The highest BCUT2D eigenvalue weighted by molar-refractivity contribution is 6.30. The maximum atomic E-state index is 12.5. The van der Waals surface area contributed by atoms with Gasteiger partial charge in [0, 0.05) is 24.2 Å². The minimum absolute atomic E-state index is 0.0459. The molecule has 1 aromatic carbocycles. The van der Waals surface area contributed by atoms with Crippen LogP contribution in [0.4, 0.5) is 5.82 Å². The molecule has 24 heavy (non-hydrogen) atoms. The average molecular weight is 344 g/mol. The molecule has 1 saturated carbocycles. The Labute approximate surface area is 145 Å². The lowest BCUT2D eigenvalue weighted by molar-refractivity contribution is -0.123. The molecule has 2 amide bonds. The van der Waals surface area contributed by atoms with E-state index in [1.807, 2.05) is 18.2 Å². The van der Waals surface area contributed by atoms with Crippen LogP contribution >= 0.6 is 11.6 Å². The zero-order valence-electron chi connectivity index (χ0n) is 13.1. The molecule has 5 nitrogen and oxygen atoms in total. The number of pyridine rings is 1. The second kappa shape index (κ2) is 7.01. The summed E-state index contributed by atoms with van der Waals surface area (Å²) in [5.41, 5.74) is 0.452. The van der Waals surface area contributed by atoms with Crippen molar-refractivity contribution in [3.8, 4) is 0 Å². The van der Waals surface area contributed by atoms with Crippen molar-refractivity contribution in [3.63, 3.8) is 0 Å². The number of amides is 2. The molecule has 0 radical (unpaired) electrons. The molecule has 1 aromatic heterocycles. The zero-order chi connectivity index (χ0) is 17.0. The number of nitrogens with one attached hydrogen (secondary N) is 2. The first-order valence-corrected chi connectivity index (χ1v) is 8.23. The summed E-state index contributed by atoms with van der Waals surface area (Å²) in [5, 5.41) is 6.17. The molecule has 0 unspecified atom stereocenters. The molecule has 1 aliphatic rings. The number of rotatable bonds is 6. The number of carbonyl (C=O) groups excluding carboxylic acids is 2. The first kappa shape index (κ1) is 16.5. The number of aromatic nitrogens is 1. The summed E-state index contributed by atoms with van der Waals surface area (Å²) < 4.78 is 0. The van der Waals surface area contributed by atoms with Crippen LogP contribution in [0.5, 0.6) is 0 Å². The molecule has 1 heterocycles. The van der Waals surface area contributed by atoms with Gasteiger partial charge in [0.15, 0.2) is 0 Å². The number of hydrogen-bond donors (Lipinski definition) is 2. The van der Waals surface area contributed by atoms with Crippen LogP contribution in [0.3, 0.4) is 0 Å². The molecule has 0 bridgehead atoms. The zero-order valence-corrected chi connectivity index (χ0v) is 13.8. The van der Waals surface area contributed by atoms with Crippen LogP contribution in [0.1, 0.15) is 24.8 Å². The Morgan fingerprint density at radius 2 is 2.00 bits per heavy atom. The van der Waals surface area contributed by atoms with E-state index < -0.39 is 5.41 Å². The van der Waals surface area contributed by atoms with Crippen LogP contribution < -0.4 is 10.6 Å². The van der Waals surface area contributed by atoms with Gasteiger partial charge in [-0.15, -0.1) is 0 Å². The van der Waals surface area contributed by atoms with E-state index in [1.165, 1.54) is 0 Å². The summed E-state index contributed by atoms with van der Waals surface area (Å²) in [6, 6.07) is 12.7. The molecule has 0 spiro atoms. The van der Waals surface area contributed by atoms with Gasteiger partial charge in [-0.2, -0.15) is 0 Å². The third-order valence-corrected chi connectivity index (χ3v) is 4.37. The molecular weight excluding hydrogens is 326 g/mol. The molecule has 3 rings (SSSR count). The monoisotopic (exact) mass is 343 g/mol. The Kier molecular flexibility index (Phi) is 4.81. The number of hydrogen-bond acceptors (Lipinski definition) is 3. The van der Waals surface area contributed by atoms with Gasteiger partial charge in [0.1, 0.15) is 5.82 Å². The summed E-state index contributed by atoms with van der Waals surface area (Å²) in [4.78, 5) is 28.4. The number of carbonyl (C=O) groups is 2. The Morgan fingerprint density at radius 3 is 2.67 bits per heavy atom. The summed E-state index contributed by atoms with van der Waals surface area (Å²) in [7, 11) is 0. The van der Waals surface area contributed by atoms with E-state index in [-0.39, 0.29) is 18.2 Å². The summed E-state index contributed by atoms with van der Waals surface area (Å²) >= 11 is 6.02. The normalized spacial score (nSPS) is 14.7.